The van der Waals surface area contributed by atoms with Crippen molar-refractivity contribution in [2.45, 2.75) is 76.8 Å². The van der Waals surface area contributed by atoms with E-state index in [1.54, 1.807) is 0 Å². The van der Waals surface area contributed by atoms with Gasteiger partial charge in [-0.05, 0) is 44.4 Å². The van der Waals surface area contributed by atoms with Crippen LogP contribution < -0.4 is 0 Å². The Labute approximate surface area is 119 Å². The van der Waals surface area contributed by atoms with E-state index in [9.17, 15) is 9.90 Å². The number of fused-ring (bicyclic) bond motifs is 2. The Morgan fingerprint density at radius 3 is 2.65 bits per heavy atom. The molecular weight excluding hydrogens is 256 g/mol. The highest BCUT2D eigenvalue weighted by Gasteiger charge is 2.66. The summed E-state index contributed by atoms with van der Waals surface area (Å²) < 4.78 is 11.3. The zero-order valence-electron chi connectivity index (χ0n) is 12.3. The van der Waals surface area contributed by atoms with Gasteiger partial charge in [0.05, 0.1) is 29.8 Å². The van der Waals surface area contributed by atoms with Crippen molar-refractivity contribution in [3.8, 4) is 0 Å². The highest BCUT2D eigenvalue weighted by atomic mass is 16.6. The van der Waals surface area contributed by atoms with Crippen molar-refractivity contribution in [1.29, 1.82) is 0 Å². The van der Waals surface area contributed by atoms with Gasteiger partial charge in [0.25, 0.3) is 0 Å². The van der Waals surface area contributed by atoms with Crippen molar-refractivity contribution in [1.82, 2.24) is 0 Å². The van der Waals surface area contributed by atoms with Crippen LogP contribution in [-0.2, 0) is 14.3 Å². The van der Waals surface area contributed by atoms with Gasteiger partial charge in [0.2, 0.25) is 0 Å². The molecular formula is C16H24O4. The predicted molar refractivity (Wildman–Crippen MR) is 72.4 cm³/mol. The molecule has 0 aromatic carbocycles. The van der Waals surface area contributed by atoms with Crippen LogP contribution in [-0.4, -0.2) is 35.5 Å². The van der Waals surface area contributed by atoms with Crippen LogP contribution in [0.15, 0.2) is 0 Å². The number of rotatable bonds is 3. The lowest BCUT2D eigenvalue weighted by Gasteiger charge is -2.47. The molecule has 2 saturated carbocycles. The van der Waals surface area contributed by atoms with E-state index in [0.29, 0.717) is 24.2 Å². The number of carboxylic acids is 1. The summed E-state index contributed by atoms with van der Waals surface area (Å²) in [4.78, 5) is 12.1. The molecule has 2 heterocycles. The van der Waals surface area contributed by atoms with Crippen LogP contribution in [0.4, 0.5) is 0 Å². The first-order chi connectivity index (χ1) is 9.44. The highest BCUT2D eigenvalue weighted by Crippen LogP contribution is 2.61. The topological polar surface area (TPSA) is 62.4 Å². The zero-order chi connectivity index (χ0) is 14.1. The Balaban J connectivity index is 1.57. The smallest absolute Gasteiger partial charge is 0.310 e. The molecule has 0 aromatic rings. The van der Waals surface area contributed by atoms with E-state index in [-0.39, 0.29) is 11.5 Å². The first-order valence-electron chi connectivity index (χ1n) is 7.98. The maximum absolute atomic E-state index is 12.1. The molecule has 4 fully saturated rings. The van der Waals surface area contributed by atoms with Crippen LogP contribution in [0.2, 0.25) is 0 Å². The van der Waals surface area contributed by atoms with Crippen LogP contribution in [0.5, 0.6) is 0 Å². The molecule has 6 unspecified atom stereocenters. The largest absolute Gasteiger partial charge is 0.481 e. The summed E-state index contributed by atoms with van der Waals surface area (Å²) in [7, 11) is 0. The molecule has 0 bridgehead atoms. The molecule has 2 aliphatic heterocycles. The fourth-order valence-electron chi connectivity index (χ4n) is 4.98. The zero-order valence-corrected chi connectivity index (χ0v) is 12.3. The fraction of sp³-hybridized carbons (Fsp3) is 0.938. The Bertz CT molecular complexity index is 446. The molecule has 0 radical (unpaired) electrons. The van der Waals surface area contributed by atoms with Crippen LogP contribution in [0, 0.1) is 16.7 Å². The maximum atomic E-state index is 12.1. The minimum absolute atomic E-state index is 0.154. The Kier molecular flexibility index (Phi) is 2.60. The van der Waals surface area contributed by atoms with Crippen molar-refractivity contribution in [2.24, 2.45) is 16.7 Å². The lowest BCUT2D eigenvalue weighted by atomic mass is 9.54. The van der Waals surface area contributed by atoms with Gasteiger partial charge < -0.3 is 14.6 Å². The number of carboxylic acid groups (broad SMARTS) is 1. The molecule has 4 heteroatoms. The summed E-state index contributed by atoms with van der Waals surface area (Å²) in [5.74, 6) is -0.111. The predicted octanol–water partition coefficient (Wildman–Crippen LogP) is 2.60. The maximum Gasteiger partial charge on any atom is 0.310 e. The summed E-state index contributed by atoms with van der Waals surface area (Å²) in [6, 6.07) is 0. The summed E-state index contributed by atoms with van der Waals surface area (Å²) in [6.07, 6.45) is 7.17. The summed E-state index contributed by atoms with van der Waals surface area (Å²) in [6.45, 7) is 4.20. The minimum Gasteiger partial charge on any atom is -0.481 e. The normalized spacial score (nSPS) is 51.8. The third kappa shape index (κ3) is 1.70. The summed E-state index contributed by atoms with van der Waals surface area (Å²) >= 11 is 0. The standard InChI is InChI=1S/C16H24O4/c1-15(2)13-11(20-13)5-6-16(15,14(17)18)8-9-3-4-10-12(7-9)19-10/h9-13H,3-8H2,1-2H3,(H,17,18). The van der Waals surface area contributed by atoms with Gasteiger partial charge in [0.1, 0.15) is 0 Å². The second-order valence-corrected chi connectivity index (χ2v) is 7.84. The molecule has 2 saturated heterocycles. The van der Waals surface area contributed by atoms with E-state index >= 15 is 0 Å². The van der Waals surface area contributed by atoms with Crippen molar-refractivity contribution >= 4 is 5.97 Å². The van der Waals surface area contributed by atoms with E-state index in [1.165, 1.54) is 0 Å². The third-order valence-corrected chi connectivity index (χ3v) is 6.54. The van der Waals surface area contributed by atoms with Gasteiger partial charge in [-0.15, -0.1) is 0 Å². The first-order valence-corrected chi connectivity index (χ1v) is 7.98. The molecule has 4 rings (SSSR count). The van der Waals surface area contributed by atoms with E-state index < -0.39 is 11.4 Å². The number of hydrogen-bond donors (Lipinski definition) is 1. The molecule has 0 aromatic heterocycles. The van der Waals surface area contributed by atoms with Gasteiger partial charge >= 0.3 is 5.97 Å². The molecule has 0 spiro atoms. The van der Waals surface area contributed by atoms with E-state index in [4.69, 9.17) is 9.47 Å². The quantitative estimate of drug-likeness (QED) is 0.807. The molecule has 6 atom stereocenters. The molecule has 20 heavy (non-hydrogen) atoms. The molecule has 2 aliphatic carbocycles. The molecule has 4 nitrogen and oxygen atoms in total. The molecule has 1 N–H and O–H groups in total. The fourth-order valence-corrected chi connectivity index (χ4v) is 4.98. The van der Waals surface area contributed by atoms with Crippen LogP contribution in [0.25, 0.3) is 0 Å². The van der Waals surface area contributed by atoms with Crippen LogP contribution in [0.1, 0.15) is 52.4 Å². The Hall–Kier alpha value is -0.610. The number of ether oxygens (including phenoxy) is 2. The Morgan fingerprint density at radius 1 is 1.15 bits per heavy atom. The van der Waals surface area contributed by atoms with Gasteiger partial charge in [-0.25, -0.2) is 0 Å². The summed E-state index contributed by atoms with van der Waals surface area (Å²) in [5.41, 5.74) is -0.875. The molecule has 4 aliphatic rings. The van der Waals surface area contributed by atoms with Crippen molar-refractivity contribution < 1.29 is 19.4 Å². The summed E-state index contributed by atoms with van der Waals surface area (Å²) in [5, 5.41) is 9.98. The van der Waals surface area contributed by atoms with Gasteiger partial charge in [-0.2, -0.15) is 0 Å². The van der Waals surface area contributed by atoms with Crippen LogP contribution >= 0.6 is 0 Å². The van der Waals surface area contributed by atoms with E-state index in [2.05, 4.69) is 13.8 Å². The van der Waals surface area contributed by atoms with Gasteiger partial charge in [-0.3, -0.25) is 4.79 Å². The lowest BCUT2D eigenvalue weighted by molar-refractivity contribution is -0.163. The lowest BCUT2D eigenvalue weighted by Crippen LogP contribution is -2.52. The van der Waals surface area contributed by atoms with Crippen molar-refractivity contribution in [3.05, 3.63) is 0 Å². The number of carbonyl (C=O) groups is 1. The van der Waals surface area contributed by atoms with Crippen molar-refractivity contribution in [3.63, 3.8) is 0 Å². The average Bonchev–Trinajstić information content (AvgIpc) is 3.24. The van der Waals surface area contributed by atoms with Crippen molar-refractivity contribution in [2.75, 3.05) is 0 Å². The highest BCUT2D eigenvalue weighted by molar-refractivity contribution is 5.76. The minimum atomic E-state index is -0.615. The van der Waals surface area contributed by atoms with E-state index in [1.807, 2.05) is 0 Å². The monoisotopic (exact) mass is 280 g/mol. The van der Waals surface area contributed by atoms with Gasteiger partial charge in [0.15, 0.2) is 0 Å². The second kappa shape index (κ2) is 3.98. The number of aliphatic carboxylic acids is 1. The Morgan fingerprint density at radius 2 is 1.95 bits per heavy atom. The number of hydrogen-bond acceptors (Lipinski definition) is 3. The second-order valence-electron chi connectivity index (χ2n) is 7.84. The average molecular weight is 280 g/mol. The van der Waals surface area contributed by atoms with E-state index in [0.717, 1.165) is 38.5 Å². The third-order valence-electron chi connectivity index (χ3n) is 6.54. The SMILES string of the molecule is CC1(C)C2OC2CCC1(CC1CCC2OC2C1)C(=O)O. The number of epoxide rings is 2. The first kappa shape index (κ1) is 13.1. The van der Waals surface area contributed by atoms with Gasteiger partial charge in [-0.1, -0.05) is 13.8 Å². The molecule has 0 amide bonds. The molecule has 112 valence electrons. The van der Waals surface area contributed by atoms with Crippen LogP contribution in [0.3, 0.4) is 0 Å². The van der Waals surface area contributed by atoms with Gasteiger partial charge in [0, 0.05) is 5.41 Å².